The Kier molecular flexibility index (Phi) is 6.40. The first-order chi connectivity index (χ1) is 18.0. The SMILES string of the molecule is COc1cc(C=C2C=C(C=CC3C4(CCC5[C@]3(C)CC[C@@H](O)[C@@]5(C)CO)CO4)C(=O)O2)cc([N+](=O)[O-])c1O. The number of aliphatic hydroxyl groups is 2. The van der Waals surface area contributed by atoms with E-state index < -0.39 is 33.8 Å². The smallest absolute Gasteiger partial charge is 0.343 e. The number of rotatable bonds is 6. The Bertz CT molecular complexity index is 1260. The molecule has 0 amide bonds. The topological polar surface area (TPSA) is 152 Å². The number of hydrogen-bond donors (Lipinski definition) is 3. The van der Waals surface area contributed by atoms with E-state index in [2.05, 4.69) is 6.92 Å². The van der Waals surface area contributed by atoms with Gasteiger partial charge in [0.2, 0.25) is 5.75 Å². The van der Waals surface area contributed by atoms with Crippen LogP contribution in [0.3, 0.4) is 0 Å². The second-order valence-corrected chi connectivity index (χ2v) is 11.4. The molecule has 38 heavy (non-hydrogen) atoms. The lowest BCUT2D eigenvalue weighted by molar-refractivity contribution is -0.386. The summed E-state index contributed by atoms with van der Waals surface area (Å²) in [4.78, 5) is 23.3. The molecule has 1 aromatic carbocycles. The van der Waals surface area contributed by atoms with Gasteiger partial charge in [0.05, 0.1) is 42.5 Å². The van der Waals surface area contributed by atoms with Crippen LogP contribution < -0.4 is 4.74 Å². The van der Waals surface area contributed by atoms with Gasteiger partial charge in [0.1, 0.15) is 5.76 Å². The maximum absolute atomic E-state index is 12.7. The third-order valence-corrected chi connectivity index (χ3v) is 9.31. The van der Waals surface area contributed by atoms with E-state index in [1.165, 1.54) is 25.3 Å². The molecule has 3 unspecified atom stereocenters. The Hall–Kier alpha value is -3.21. The van der Waals surface area contributed by atoms with Crippen molar-refractivity contribution < 1.29 is 39.2 Å². The highest BCUT2D eigenvalue weighted by Crippen LogP contribution is 2.65. The lowest BCUT2D eigenvalue weighted by atomic mass is 9.45. The van der Waals surface area contributed by atoms with Gasteiger partial charge in [-0.15, -0.1) is 0 Å². The molecular formula is C28H33NO9. The monoisotopic (exact) mass is 527 g/mol. The Morgan fingerprint density at radius 1 is 1.26 bits per heavy atom. The van der Waals surface area contributed by atoms with Crippen molar-refractivity contribution in [3.63, 3.8) is 0 Å². The van der Waals surface area contributed by atoms with Crippen LogP contribution in [-0.4, -0.2) is 58.2 Å². The summed E-state index contributed by atoms with van der Waals surface area (Å²) in [5.74, 6) is -0.913. The van der Waals surface area contributed by atoms with Gasteiger partial charge >= 0.3 is 11.7 Å². The average molecular weight is 528 g/mol. The molecule has 3 N–H and O–H groups in total. The van der Waals surface area contributed by atoms with Gasteiger partial charge < -0.3 is 29.5 Å². The fourth-order valence-corrected chi connectivity index (χ4v) is 7.09. The minimum Gasteiger partial charge on any atom is -0.500 e. The highest BCUT2D eigenvalue weighted by atomic mass is 16.6. The zero-order valence-electron chi connectivity index (χ0n) is 21.7. The summed E-state index contributed by atoms with van der Waals surface area (Å²) in [5, 5.41) is 42.3. The van der Waals surface area contributed by atoms with Crippen LogP contribution in [0.5, 0.6) is 11.5 Å². The van der Waals surface area contributed by atoms with E-state index >= 15 is 0 Å². The molecule has 1 aromatic rings. The largest absolute Gasteiger partial charge is 0.500 e. The molecule has 0 aromatic heterocycles. The highest BCUT2D eigenvalue weighted by Gasteiger charge is 2.66. The van der Waals surface area contributed by atoms with E-state index in [0.29, 0.717) is 24.2 Å². The van der Waals surface area contributed by atoms with E-state index in [9.17, 15) is 30.2 Å². The van der Waals surface area contributed by atoms with Gasteiger partial charge in [-0.25, -0.2) is 4.79 Å². The van der Waals surface area contributed by atoms with Crippen LogP contribution in [0.1, 0.15) is 45.1 Å². The van der Waals surface area contributed by atoms with Gasteiger partial charge in [0, 0.05) is 17.4 Å². The maximum Gasteiger partial charge on any atom is 0.343 e. The summed E-state index contributed by atoms with van der Waals surface area (Å²) in [7, 11) is 1.29. The molecule has 2 aliphatic carbocycles. The minimum absolute atomic E-state index is 0.0159. The number of benzene rings is 1. The van der Waals surface area contributed by atoms with Crippen molar-refractivity contribution in [2.75, 3.05) is 20.3 Å². The summed E-state index contributed by atoms with van der Waals surface area (Å²) < 4.78 is 16.4. The van der Waals surface area contributed by atoms with Gasteiger partial charge in [-0.1, -0.05) is 26.0 Å². The van der Waals surface area contributed by atoms with Crippen LogP contribution in [0.25, 0.3) is 6.08 Å². The number of aromatic hydroxyl groups is 1. The Morgan fingerprint density at radius 3 is 2.63 bits per heavy atom. The molecule has 0 bridgehead atoms. The number of esters is 1. The number of aliphatic hydroxyl groups excluding tert-OH is 2. The number of carbonyl (C=O) groups is 1. The summed E-state index contributed by atoms with van der Waals surface area (Å²) in [6.45, 7) is 4.71. The van der Waals surface area contributed by atoms with Crippen LogP contribution in [0.15, 0.2) is 41.7 Å². The third kappa shape index (κ3) is 4.11. The maximum atomic E-state index is 12.7. The number of phenolic OH excluding ortho intramolecular Hbond substituents is 1. The van der Waals surface area contributed by atoms with Crippen LogP contribution in [0, 0.1) is 32.8 Å². The first-order valence-corrected chi connectivity index (χ1v) is 12.8. The first kappa shape index (κ1) is 26.4. The Morgan fingerprint density at radius 2 is 2.00 bits per heavy atom. The lowest BCUT2D eigenvalue weighted by Gasteiger charge is -2.60. The number of epoxide rings is 1. The number of carbonyl (C=O) groups excluding carboxylic acids is 1. The van der Waals surface area contributed by atoms with Crippen LogP contribution in [0.4, 0.5) is 5.69 Å². The molecule has 204 valence electrons. The molecule has 2 aliphatic heterocycles. The predicted octanol–water partition coefficient (Wildman–Crippen LogP) is 3.64. The average Bonchev–Trinajstić information content (AvgIpc) is 3.56. The predicted molar refractivity (Wildman–Crippen MR) is 136 cm³/mol. The summed E-state index contributed by atoms with van der Waals surface area (Å²) in [5.41, 5.74) is -1.00. The van der Waals surface area contributed by atoms with Crippen molar-refractivity contribution in [3.05, 3.63) is 57.4 Å². The highest BCUT2D eigenvalue weighted by molar-refractivity contribution is 5.96. The summed E-state index contributed by atoms with van der Waals surface area (Å²) >= 11 is 0. The lowest BCUT2D eigenvalue weighted by Crippen LogP contribution is -2.60. The molecule has 6 atom stereocenters. The molecule has 2 heterocycles. The fourth-order valence-electron chi connectivity index (χ4n) is 7.09. The van der Waals surface area contributed by atoms with Crippen molar-refractivity contribution in [3.8, 4) is 11.5 Å². The van der Waals surface area contributed by atoms with E-state index in [1.807, 2.05) is 13.0 Å². The second kappa shape index (κ2) is 9.21. The number of nitrogens with zero attached hydrogens (tertiary/aromatic N) is 1. The zero-order chi connectivity index (χ0) is 27.5. The van der Waals surface area contributed by atoms with Crippen molar-refractivity contribution in [2.24, 2.45) is 22.7 Å². The molecule has 5 rings (SSSR count). The summed E-state index contributed by atoms with van der Waals surface area (Å²) in [6.07, 6.45) is 9.26. The molecule has 10 heteroatoms. The van der Waals surface area contributed by atoms with Crippen LogP contribution in [0.2, 0.25) is 0 Å². The molecule has 4 aliphatic rings. The number of ether oxygens (including phenoxy) is 3. The van der Waals surface area contributed by atoms with Gasteiger partial charge in [-0.2, -0.15) is 0 Å². The Balaban J connectivity index is 1.44. The number of fused-ring (bicyclic) bond motifs is 1. The van der Waals surface area contributed by atoms with Crippen molar-refractivity contribution in [1.82, 2.24) is 0 Å². The Labute approximate surface area is 220 Å². The number of nitro groups is 1. The fraction of sp³-hybridized carbons (Fsp3) is 0.536. The summed E-state index contributed by atoms with van der Waals surface area (Å²) in [6, 6.07) is 2.59. The molecular weight excluding hydrogens is 494 g/mol. The molecule has 3 fully saturated rings. The van der Waals surface area contributed by atoms with E-state index in [0.717, 1.165) is 19.3 Å². The number of hydrogen-bond acceptors (Lipinski definition) is 9. The van der Waals surface area contributed by atoms with Gasteiger partial charge in [-0.05, 0) is 60.8 Å². The van der Waals surface area contributed by atoms with E-state index in [4.69, 9.17) is 14.2 Å². The van der Waals surface area contributed by atoms with Gasteiger partial charge in [0.25, 0.3) is 0 Å². The van der Waals surface area contributed by atoms with Crippen molar-refractivity contribution in [2.45, 2.75) is 51.2 Å². The third-order valence-electron chi connectivity index (χ3n) is 9.31. The zero-order valence-corrected chi connectivity index (χ0v) is 21.7. The van der Waals surface area contributed by atoms with Gasteiger partial charge in [-0.3, -0.25) is 10.1 Å². The molecule has 0 radical (unpaired) electrons. The molecule has 1 spiro atoms. The van der Waals surface area contributed by atoms with E-state index in [-0.39, 0.29) is 41.0 Å². The number of allylic oxidation sites excluding steroid dienone is 1. The van der Waals surface area contributed by atoms with Crippen molar-refractivity contribution in [1.29, 1.82) is 0 Å². The number of phenols is 1. The number of methoxy groups -OCH3 is 1. The second-order valence-electron chi connectivity index (χ2n) is 11.4. The van der Waals surface area contributed by atoms with Crippen LogP contribution in [-0.2, 0) is 14.3 Å². The normalized spacial score (nSPS) is 37.3. The van der Waals surface area contributed by atoms with Crippen molar-refractivity contribution >= 4 is 17.7 Å². The quantitative estimate of drug-likeness (QED) is 0.218. The van der Waals surface area contributed by atoms with E-state index in [1.54, 1.807) is 12.2 Å². The minimum atomic E-state index is -0.718. The van der Waals surface area contributed by atoms with Gasteiger partial charge in [0.15, 0.2) is 5.75 Å². The molecule has 10 nitrogen and oxygen atoms in total. The number of nitro benzene ring substituents is 1. The first-order valence-electron chi connectivity index (χ1n) is 12.8. The number of cyclic esters (lactones) is 1. The molecule has 2 saturated carbocycles. The van der Waals surface area contributed by atoms with Crippen LogP contribution >= 0.6 is 0 Å². The molecule has 1 saturated heterocycles. The standard InChI is InChI=1S/C28H33NO9/c1-26-8-7-23(31)27(2,14-30)21(26)6-9-28(15-37-28)22(26)5-4-17-13-18(38-25(17)33)10-16-11-19(29(34)35)24(32)20(12-16)36-3/h4-5,10-13,21-23,30-32H,6-9,14-15H2,1-3H3/t21?,22?,23-,26+,27+,28?/m1/s1.